The molecule has 226 valence electrons. The normalized spacial score (nSPS) is 20.7. The summed E-state index contributed by atoms with van der Waals surface area (Å²) in [6, 6.07) is 3.23. The second-order valence-electron chi connectivity index (χ2n) is 13.6. The summed E-state index contributed by atoms with van der Waals surface area (Å²) in [4.78, 5) is 21.3. The lowest BCUT2D eigenvalue weighted by Gasteiger charge is -2.52. The Morgan fingerprint density at radius 2 is 1.78 bits per heavy atom. The molecule has 1 unspecified atom stereocenters. The minimum Gasteiger partial charge on any atom is -0.389 e. The van der Waals surface area contributed by atoms with Crippen molar-refractivity contribution in [2.24, 2.45) is 11.3 Å². The zero-order valence-electron chi connectivity index (χ0n) is 24.8. The molecular formula is C31H44ClN3O4S2. The predicted octanol–water partition coefficient (Wildman–Crippen LogP) is 7.12. The van der Waals surface area contributed by atoms with Crippen LogP contribution in [0.4, 0.5) is 0 Å². The molecule has 10 heteroatoms. The average molecular weight is 622 g/mol. The molecule has 41 heavy (non-hydrogen) atoms. The molecule has 3 aliphatic rings. The van der Waals surface area contributed by atoms with Crippen LogP contribution in [-0.4, -0.2) is 47.9 Å². The molecule has 0 bridgehead atoms. The highest BCUT2D eigenvalue weighted by molar-refractivity contribution is 7.89. The number of aliphatic hydroxyl groups is 1. The summed E-state index contributed by atoms with van der Waals surface area (Å²) in [5.74, 6) is 0.468. The fourth-order valence-corrected chi connectivity index (χ4v) is 10.3. The highest BCUT2D eigenvalue weighted by Gasteiger charge is 2.46. The molecular weight excluding hydrogens is 578 g/mol. The Bertz CT molecular complexity index is 1380. The van der Waals surface area contributed by atoms with Crippen molar-refractivity contribution >= 4 is 38.9 Å². The quantitative estimate of drug-likeness (QED) is 0.343. The minimum atomic E-state index is -3.94. The van der Waals surface area contributed by atoms with Crippen LogP contribution >= 0.6 is 22.9 Å². The number of thiazole rings is 1. The van der Waals surface area contributed by atoms with E-state index in [0.717, 1.165) is 42.9 Å². The molecule has 5 rings (SSSR count). The van der Waals surface area contributed by atoms with E-state index >= 15 is 0 Å². The van der Waals surface area contributed by atoms with Crippen LogP contribution in [0, 0.1) is 11.3 Å². The average Bonchev–Trinajstić information content (AvgIpc) is 3.29. The van der Waals surface area contributed by atoms with Gasteiger partial charge in [-0.1, -0.05) is 69.0 Å². The zero-order valence-corrected chi connectivity index (χ0v) is 27.2. The third-order valence-corrected chi connectivity index (χ3v) is 12.2. The Balaban J connectivity index is 1.52. The van der Waals surface area contributed by atoms with Gasteiger partial charge in [0.25, 0.3) is 5.91 Å². The highest BCUT2D eigenvalue weighted by atomic mass is 35.5. The lowest BCUT2D eigenvalue weighted by molar-refractivity contribution is -0.0154. The van der Waals surface area contributed by atoms with Gasteiger partial charge in [-0.05, 0) is 58.9 Å². The van der Waals surface area contributed by atoms with Crippen molar-refractivity contribution in [2.75, 3.05) is 13.1 Å². The van der Waals surface area contributed by atoms with E-state index in [4.69, 9.17) is 16.6 Å². The molecule has 2 aromatic rings. The Labute approximate surface area is 254 Å². The fraction of sp³-hybridized carbons (Fsp3) is 0.677. The van der Waals surface area contributed by atoms with Gasteiger partial charge in [-0.25, -0.2) is 18.1 Å². The number of aromatic nitrogens is 1. The van der Waals surface area contributed by atoms with E-state index in [1.807, 2.05) is 4.90 Å². The number of sulfonamides is 1. The fourth-order valence-electron chi connectivity index (χ4n) is 6.95. The summed E-state index contributed by atoms with van der Waals surface area (Å²) < 4.78 is 29.3. The maximum Gasteiger partial charge on any atom is 0.282 e. The number of carbonyl (C=O) groups is 1. The molecule has 0 radical (unpaired) electrons. The summed E-state index contributed by atoms with van der Waals surface area (Å²) in [6.45, 7) is 8.44. The maximum absolute atomic E-state index is 13.6. The van der Waals surface area contributed by atoms with Crippen molar-refractivity contribution in [3.63, 3.8) is 0 Å². The second kappa shape index (κ2) is 11.9. The van der Waals surface area contributed by atoms with E-state index in [1.165, 1.54) is 75.7 Å². The van der Waals surface area contributed by atoms with Gasteiger partial charge < -0.3 is 10.0 Å². The van der Waals surface area contributed by atoms with Gasteiger partial charge in [0.2, 0.25) is 10.0 Å². The van der Waals surface area contributed by atoms with Gasteiger partial charge in [-0.3, -0.25) is 4.79 Å². The standard InChI is InChI=1S/C31H44ClN3O4S2/c1-20(36)25-24(41(38,39)34-30(2,3)4)14-13-22(26(25)32)27-23(17-21-11-7-5-8-12-21)33-28(40-27)29(37)35-18-31(19-35)15-9-6-10-16-31/h13-14,20-21,34,36H,5-12,15-19H2,1-4H3. The van der Waals surface area contributed by atoms with E-state index in [-0.39, 0.29) is 26.8 Å². The molecule has 2 saturated carbocycles. The number of carbonyl (C=O) groups excluding carboxylic acids is 1. The zero-order chi connectivity index (χ0) is 29.6. The number of hydrogen-bond acceptors (Lipinski definition) is 6. The van der Waals surface area contributed by atoms with Crippen LogP contribution in [-0.2, 0) is 16.4 Å². The van der Waals surface area contributed by atoms with E-state index in [9.17, 15) is 18.3 Å². The number of halogens is 1. The Morgan fingerprint density at radius 3 is 2.39 bits per heavy atom. The van der Waals surface area contributed by atoms with Crippen LogP contribution < -0.4 is 4.72 Å². The van der Waals surface area contributed by atoms with Crippen LogP contribution in [0.5, 0.6) is 0 Å². The highest BCUT2D eigenvalue weighted by Crippen LogP contribution is 2.46. The number of nitrogens with zero attached hydrogens (tertiary/aromatic N) is 2. The molecule has 1 aromatic carbocycles. The number of amides is 1. The SMILES string of the molecule is CC(O)c1c(S(=O)(=O)NC(C)(C)C)ccc(-c2sc(C(=O)N3CC4(CCCCC4)C3)nc2CC2CCCCC2)c1Cl. The molecule has 1 aliphatic heterocycles. The summed E-state index contributed by atoms with van der Waals surface area (Å²) in [5, 5.41) is 11.4. The van der Waals surface area contributed by atoms with Gasteiger partial charge in [-0.2, -0.15) is 0 Å². The number of hydrogen-bond donors (Lipinski definition) is 2. The van der Waals surface area contributed by atoms with Gasteiger partial charge in [0, 0.05) is 35.2 Å². The molecule has 2 heterocycles. The first-order chi connectivity index (χ1) is 19.3. The van der Waals surface area contributed by atoms with Crippen molar-refractivity contribution < 1.29 is 18.3 Å². The minimum absolute atomic E-state index is 0.0252. The predicted molar refractivity (Wildman–Crippen MR) is 165 cm³/mol. The van der Waals surface area contributed by atoms with Crippen LogP contribution in [0.15, 0.2) is 17.0 Å². The summed E-state index contributed by atoms with van der Waals surface area (Å²) in [5.41, 5.74) is 1.21. The number of likely N-dealkylation sites (tertiary alicyclic amines) is 1. The van der Waals surface area contributed by atoms with Crippen molar-refractivity contribution in [1.29, 1.82) is 0 Å². The lowest BCUT2D eigenvalue weighted by atomic mass is 9.68. The lowest BCUT2D eigenvalue weighted by Crippen LogP contribution is -2.59. The topological polar surface area (TPSA) is 99.6 Å². The first-order valence-corrected chi connectivity index (χ1v) is 17.8. The Kier molecular flexibility index (Phi) is 8.95. The molecule has 3 fully saturated rings. The first kappa shape index (κ1) is 30.9. The van der Waals surface area contributed by atoms with Gasteiger partial charge in [0.1, 0.15) is 0 Å². The van der Waals surface area contributed by atoms with E-state index in [2.05, 4.69) is 4.72 Å². The van der Waals surface area contributed by atoms with E-state index < -0.39 is 21.7 Å². The maximum atomic E-state index is 13.6. The van der Waals surface area contributed by atoms with Crippen LogP contribution in [0.2, 0.25) is 5.02 Å². The molecule has 1 atom stereocenters. The molecule has 2 N–H and O–H groups in total. The van der Waals surface area contributed by atoms with Crippen molar-refractivity contribution in [3.8, 4) is 10.4 Å². The number of benzene rings is 1. The molecule has 1 spiro atoms. The summed E-state index contributed by atoms with van der Waals surface area (Å²) >= 11 is 8.30. The smallest absolute Gasteiger partial charge is 0.282 e. The van der Waals surface area contributed by atoms with E-state index in [0.29, 0.717) is 16.5 Å². The molecule has 2 aliphatic carbocycles. The number of aliphatic hydroxyl groups excluding tert-OH is 1. The van der Waals surface area contributed by atoms with Gasteiger partial charge in [0.05, 0.1) is 26.6 Å². The van der Waals surface area contributed by atoms with Crippen molar-refractivity contribution in [1.82, 2.24) is 14.6 Å². The van der Waals surface area contributed by atoms with Crippen molar-refractivity contribution in [3.05, 3.63) is 33.4 Å². The molecule has 1 aromatic heterocycles. The Hall–Kier alpha value is -1.52. The van der Waals surface area contributed by atoms with Crippen LogP contribution in [0.3, 0.4) is 0 Å². The van der Waals surface area contributed by atoms with Gasteiger partial charge >= 0.3 is 0 Å². The number of nitrogens with one attached hydrogen (secondary N) is 1. The monoisotopic (exact) mass is 621 g/mol. The molecule has 1 amide bonds. The molecule has 1 saturated heterocycles. The van der Waals surface area contributed by atoms with Crippen molar-refractivity contribution in [2.45, 2.75) is 115 Å². The third kappa shape index (κ3) is 6.69. The summed E-state index contributed by atoms with van der Waals surface area (Å²) in [6.07, 6.45) is 11.7. The third-order valence-electron chi connectivity index (χ3n) is 8.87. The van der Waals surface area contributed by atoms with Gasteiger partial charge in [-0.15, -0.1) is 11.3 Å². The summed E-state index contributed by atoms with van der Waals surface area (Å²) in [7, 11) is -3.94. The molecule has 7 nitrogen and oxygen atoms in total. The second-order valence-corrected chi connectivity index (χ2v) is 16.6. The van der Waals surface area contributed by atoms with Gasteiger partial charge in [0.15, 0.2) is 5.01 Å². The largest absolute Gasteiger partial charge is 0.389 e. The van der Waals surface area contributed by atoms with Crippen LogP contribution in [0.1, 0.15) is 119 Å². The number of rotatable bonds is 7. The van der Waals surface area contributed by atoms with Crippen LogP contribution in [0.25, 0.3) is 10.4 Å². The first-order valence-electron chi connectivity index (χ1n) is 15.1. The van der Waals surface area contributed by atoms with E-state index in [1.54, 1.807) is 26.8 Å². The Morgan fingerprint density at radius 1 is 1.15 bits per heavy atom.